The molecule has 1 N–H and O–H groups in total. The van der Waals surface area contributed by atoms with Crippen LogP contribution in [0.5, 0.6) is 0 Å². The third-order valence-corrected chi connectivity index (χ3v) is 5.31. The van der Waals surface area contributed by atoms with Crippen molar-refractivity contribution in [3.05, 3.63) is 41.6 Å². The van der Waals surface area contributed by atoms with Crippen LogP contribution >= 0.6 is 0 Å². The van der Waals surface area contributed by atoms with E-state index in [2.05, 4.69) is 15.3 Å². The van der Waals surface area contributed by atoms with Crippen molar-refractivity contribution in [2.45, 2.75) is 32.3 Å². The Morgan fingerprint density at radius 3 is 2.77 bits per heavy atom. The first-order valence-electron chi connectivity index (χ1n) is 9.08. The largest absolute Gasteiger partial charge is 0.456 e. The third-order valence-electron chi connectivity index (χ3n) is 5.31. The number of anilines is 1. The fourth-order valence-corrected chi connectivity index (χ4v) is 3.83. The summed E-state index contributed by atoms with van der Waals surface area (Å²) >= 11 is 0. The van der Waals surface area contributed by atoms with Crippen LogP contribution in [0, 0.1) is 19.8 Å². The molecule has 1 atom stereocenters. The van der Waals surface area contributed by atoms with Crippen molar-refractivity contribution in [1.29, 1.82) is 0 Å². The van der Waals surface area contributed by atoms with E-state index >= 15 is 0 Å². The van der Waals surface area contributed by atoms with E-state index in [0.717, 1.165) is 37.3 Å². The summed E-state index contributed by atoms with van der Waals surface area (Å²) in [6.45, 7) is 6.64. The van der Waals surface area contributed by atoms with Crippen LogP contribution in [0.3, 0.4) is 0 Å². The van der Waals surface area contributed by atoms with Gasteiger partial charge in [-0.3, -0.25) is 4.79 Å². The van der Waals surface area contributed by atoms with Crippen LogP contribution in [0.15, 0.2) is 28.9 Å². The number of nitrogens with one attached hydrogen (secondary N) is 1. The standard InChI is InChI=1S/C19H24N4O3/c1-13-9-21-18(22-10-13)20-7-5-15-6-8-25-19(15)11-23(12-19)17(24)16-4-3-14(2)26-16/h3-4,9-10,15H,5-8,11-12H2,1-2H3,(H,20,21,22)/t15-/m0/s1. The SMILES string of the molecule is Cc1cnc(NCC[C@H]2CCOC23CN(C(=O)c2ccc(C)o2)C3)nc1. The highest BCUT2D eigenvalue weighted by molar-refractivity contribution is 5.92. The van der Waals surface area contributed by atoms with E-state index in [1.807, 2.05) is 24.8 Å². The van der Waals surface area contributed by atoms with E-state index in [1.165, 1.54) is 0 Å². The molecule has 2 saturated heterocycles. The Balaban J connectivity index is 1.30. The van der Waals surface area contributed by atoms with E-state index in [1.54, 1.807) is 18.5 Å². The van der Waals surface area contributed by atoms with Crippen molar-refractivity contribution in [3.63, 3.8) is 0 Å². The second-order valence-corrected chi connectivity index (χ2v) is 7.27. The molecule has 7 nitrogen and oxygen atoms in total. The monoisotopic (exact) mass is 356 g/mol. The normalized spacial score (nSPS) is 21.0. The zero-order valence-corrected chi connectivity index (χ0v) is 15.2. The summed E-state index contributed by atoms with van der Waals surface area (Å²) in [4.78, 5) is 22.8. The van der Waals surface area contributed by atoms with Crippen molar-refractivity contribution in [1.82, 2.24) is 14.9 Å². The van der Waals surface area contributed by atoms with E-state index in [0.29, 0.717) is 30.7 Å². The summed E-state index contributed by atoms with van der Waals surface area (Å²) in [6, 6.07) is 3.55. The third kappa shape index (κ3) is 3.19. The van der Waals surface area contributed by atoms with E-state index in [-0.39, 0.29) is 11.5 Å². The zero-order chi connectivity index (χ0) is 18.1. The number of rotatable bonds is 5. The summed E-state index contributed by atoms with van der Waals surface area (Å²) < 4.78 is 11.5. The summed E-state index contributed by atoms with van der Waals surface area (Å²) in [7, 11) is 0. The van der Waals surface area contributed by atoms with E-state index in [4.69, 9.17) is 9.15 Å². The van der Waals surface area contributed by atoms with Crippen LogP contribution in [0.25, 0.3) is 0 Å². The van der Waals surface area contributed by atoms with Gasteiger partial charge < -0.3 is 19.4 Å². The average molecular weight is 356 g/mol. The topological polar surface area (TPSA) is 80.5 Å². The average Bonchev–Trinajstić information content (AvgIpc) is 3.21. The minimum Gasteiger partial charge on any atom is -0.456 e. The Bertz CT molecular complexity index is 780. The highest BCUT2D eigenvalue weighted by Crippen LogP contribution is 2.42. The fourth-order valence-electron chi connectivity index (χ4n) is 3.83. The number of hydrogen-bond donors (Lipinski definition) is 1. The number of amides is 1. The molecule has 0 radical (unpaired) electrons. The van der Waals surface area contributed by atoms with Crippen LogP contribution < -0.4 is 5.32 Å². The molecule has 7 heteroatoms. The number of ether oxygens (including phenoxy) is 1. The molecule has 4 heterocycles. The van der Waals surface area contributed by atoms with Crippen LogP contribution in [-0.2, 0) is 4.74 Å². The lowest BCUT2D eigenvalue weighted by Gasteiger charge is -2.50. The van der Waals surface area contributed by atoms with E-state index in [9.17, 15) is 4.79 Å². The first-order chi connectivity index (χ1) is 12.6. The molecule has 0 saturated carbocycles. The van der Waals surface area contributed by atoms with Crippen LogP contribution in [0.4, 0.5) is 5.95 Å². The minimum atomic E-state index is -0.201. The summed E-state index contributed by atoms with van der Waals surface area (Å²) in [6.07, 6.45) is 5.61. The van der Waals surface area contributed by atoms with Crippen molar-refractivity contribution in [2.75, 3.05) is 31.6 Å². The lowest BCUT2D eigenvalue weighted by molar-refractivity contribution is -0.118. The van der Waals surface area contributed by atoms with Gasteiger partial charge in [0.25, 0.3) is 5.91 Å². The van der Waals surface area contributed by atoms with Gasteiger partial charge in [0.15, 0.2) is 5.76 Å². The molecule has 0 aliphatic carbocycles. The first-order valence-corrected chi connectivity index (χ1v) is 9.08. The molecule has 0 aromatic carbocycles. The molecule has 0 bridgehead atoms. The molecule has 2 fully saturated rings. The van der Waals surface area contributed by atoms with Gasteiger partial charge in [0.1, 0.15) is 11.4 Å². The number of aromatic nitrogens is 2. The van der Waals surface area contributed by atoms with E-state index < -0.39 is 0 Å². The molecule has 4 rings (SSSR count). The quantitative estimate of drug-likeness (QED) is 0.886. The summed E-state index contributed by atoms with van der Waals surface area (Å²) in [5.41, 5.74) is 0.845. The van der Waals surface area contributed by atoms with Gasteiger partial charge in [-0.2, -0.15) is 0 Å². The van der Waals surface area contributed by atoms with Gasteiger partial charge >= 0.3 is 0 Å². The molecule has 2 aliphatic heterocycles. The van der Waals surface area contributed by atoms with Crippen molar-refractivity contribution in [2.24, 2.45) is 5.92 Å². The minimum absolute atomic E-state index is 0.0517. The molecule has 138 valence electrons. The van der Waals surface area contributed by atoms with Gasteiger partial charge in [-0.15, -0.1) is 0 Å². The number of hydrogen-bond acceptors (Lipinski definition) is 6. The molecule has 1 amide bonds. The number of aryl methyl sites for hydroxylation is 2. The number of furan rings is 1. The van der Waals surface area contributed by atoms with Gasteiger partial charge in [-0.25, -0.2) is 9.97 Å². The highest BCUT2D eigenvalue weighted by atomic mass is 16.5. The molecular formula is C19H24N4O3. The maximum atomic E-state index is 12.5. The van der Waals surface area contributed by atoms with Gasteiger partial charge in [0, 0.05) is 25.5 Å². The summed E-state index contributed by atoms with van der Waals surface area (Å²) in [5.74, 6) is 2.20. The zero-order valence-electron chi connectivity index (χ0n) is 15.2. The first kappa shape index (κ1) is 17.0. The maximum Gasteiger partial charge on any atom is 0.289 e. The Morgan fingerprint density at radius 1 is 1.31 bits per heavy atom. The molecule has 2 aromatic rings. The molecule has 2 aromatic heterocycles. The van der Waals surface area contributed by atoms with Crippen molar-refractivity contribution < 1.29 is 13.9 Å². The van der Waals surface area contributed by atoms with Gasteiger partial charge in [-0.05, 0) is 50.3 Å². The highest BCUT2D eigenvalue weighted by Gasteiger charge is 2.54. The Hall–Kier alpha value is -2.41. The predicted octanol–water partition coefficient (Wildman–Crippen LogP) is 2.42. The fraction of sp³-hybridized carbons (Fsp3) is 0.526. The number of nitrogens with zero attached hydrogens (tertiary/aromatic N) is 3. The molecule has 2 aliphatic rings. The number of carbonyl (C=O) groups excluding carboxylic acids is 1. The van der Waals surface area contributed by atoms with Gasteiger partial charge in [0.05, 0.1) is 13.1 Å². The molecule has 0 unspecified atom stereocenters. The Labute approximate surface area is 152 Å². The predicted molar refractivity (Wildman–Crippen MR) is 96.0 cm³/mol. The van der Waals surface area contributed by atoms with Gasteiger partial charge in [-0.1, -0.05) is 0 Å². The van der Waals surface area contributed by atoms with Crippen LogP contribution in [0.2, 0.25) is 0 Å². The van der Waals surface area contributed by atoms with Crippen molar-refractivity contribution >= 4 is 11.9 Å². The van der Waals surface area contributed by atoms with Crippen molar-refractivity contribution in [3.8, 4) is 0 Å². The van der Waals surface area contributed by atoms with Crippen LogP contribution in [0.1, 0.15) is 34.7 Å². The Kier molecular flexibility index (Phi) is 4.40. The maximum absolute atomic E-state index is 12.5. The second-order valence-electron chi connectivity index (χ2n) is 7.27. The summed E-state index contributed by atoms with van der Waals surface area (Å²) in [5, 5.41) is 3.27. The van der Waals surface area contributed by atoms with Crippen LogP contribution in [-0.4, -0.2) is 52.6 Å². The lowest BCUT2D eigenvalue weighted by Crippen LogP contribution is -2.66. The number of carbonyl (C=O) groups is 1. The second kappa shape index (κ2) is 6.72. The Morgan fingerprint density at radius 2 is 2.08 bits per heavy atom. The number of likely N-dealkylation sites (tertiary alicyclic amines) is 1. The molecule has 26 heavy (non-hydrogen) atoms. The molecular weight excluding hydrogens is 332 g/mol. The van der Waals surface area contributed by atoms with Gasteiger partial charge in [0.2, 0.25) is 5.95 Å². The smallest absolute Gasteiger partial charge is 0.289 e. The lowest BCUT2D eigenvalue weighted by atomic mass is 9.79. The molecule has 1 spiro atoms.